The van der Waals surface area contributed by atoms with E-state index in [1.54, 1.807) is 24.0 Å². The first-order chi connectivity index (χ1) is 7.84. The maximum absolute atomic E-state index is 13.7. The minimum Gasteiger partial charge on any atom is -0.334 e. The molecule has 0 radical (unpaired) electrons. The van der Waals surface area contributed by atoms with E-state index in [0.717, 1.165) is 5.56 Å². The molecule has 94 valence electrons. The Morgan fingerprint density at radius 1 is 1.18 bits per heavy atom. The number of rotatable bonds is 3. The van der Waals surface area contributed by atoms with Gasteiger partial charge in [-0.05, 0) is 52.3 Å². The zero-order chi connectivity index (χ0) is 13.2. The Balaban J connectivity index is 3.10. The molecule has 1 aromatic carbocycles. The van der Waals surface area contributed by atoms with E-state index in [1.165, 1.54) is 6.07 Å². The minimum atomic E-state index is -0.443. The number of carbonyl (C=O) groups is 1. The van der Waals surface area contributed by atoms with Gasteiger partial charge in [-0.3, -0.25) is 4.79 Å². The number of halogens is 1. The molecule has 0 fully saturated rings. The Morgan fingerprint density at radius 3 is 2.12 bits per heavy atom. The maximum atomic E-state index is 13.7. The number of carbonyl (C=O) groups excluding carboxylic acids is 1. The van der Waals surface area contributed by atoms with Gasteiger partial charge in [0.05, 0.1) is 5.56 Å². The largest absolute Gasteiger partial charge is 0.334 e. The van der Waals surface area contributed by atoms with Gasteiger partial charge in [-0.15, -0.1) is 0 Å². The lowest BCUT2D eigenvalue weighted by Crippen LogP contribution is -2.42. The molecule has 0 aliphatic carbocycles. The molecule has 0 bridgehead atoms. The van der Waals surface area contributed by atoms with E-state index in [-0.39, 0.29) is 23.6 Å². The molecule has 0 saturated heterocycles. The first-order valence-electron chi connectivity index (χ1n) is 5.93. The van der Waals surface area contributed by atoms with E-state index >= 15 is 0 Å². The second-order valence-corrected chi connectivity index (χ2v) is 4.88. The van der Waals surface area contributed by atoms with E-state index < -0.39 is 5.82 Å². The zero-order valence-corrected chi connectivity index (χ0v) is 11.1. The normalized spacial score (nSPS) is 11.1. The van der Waals surface area contributed by atoms with E-state index in [2.05, 4.69) is 0 Å². The number of nitrogens with zero attached hydrogens (tertiary/aromatic N) is 1. The SMILES string of the molecule is Cc1ccc(C(=O)N(C(C)C)C(C)C)c(F)c1. The second kappa shape index (κ2) is 5.30. The smallest absolute Gasteiger partial charge is 0.257 e. The van der Waals surface area contributed by atoms with Crippen LogP contribution >= 0.6 is 0 Å². The molecular formula is C14H20FNO. The van der Waals surface area contributed by atoms with Crippen LogP contribution in [0.5, 0.6) is 0 Å². The van der Waals surface area contributed by atoms with E-state index in [4.69, 9.17) is 0 Å². The fraction of sp³-hybridized carbons (Fsp3) is 0.500. The van der Waals surface area contributed by atoms with Gasteiger partial charge in [-0.25, -0.2) is 4.39 Å². The van der Waals surface area contributed by atoms with Crippen LogP contribution in [0.4, 0.5) is 4.39 Å². The van der Waals surface area contributed by atoms with Gasteiger partial charge >= 0.3 is 0 Å². The minimum absolute atomic E-state index is 0.0585. The molecule has 0 unspecified atom stereocenters. The van der Waals surface area contributed by atoms with Crippen LogP contribution in [-0.2, 0) is 0 Å². The van der Waals surface area contributed by atoms with Gasteiger partial charge < -0.3 is 4.90 Å². The first-order valence-corrected chi connectivity index (χ1v) is 5.93. The lowest BCUT2D eigenvalue weighted by Gasteiger charge is -2.31. The highest BCUT2D eigenvalue weighted by Gasteiger charge is 2.23. The molecule has 0 spiro atoms. The van der Waals surface area contributed by atoms with Gasteiger partial charge in [-0.2, -0.15) is 0 Å². The van der Waals surface area contributed by atoms with Gasteiger partial charge in [0.25, 0.3) is 5.91 Å². The highest BCUT2D eigenvalue weighted by atomic mass is 19.1. The summed E-state index contributed by atoms with van der Waals surface area (Å²) in [5, 5.41) is 0. The molecule has 2 nitrogen and oxygen atoms in total. The maximum Gasteiger partial charge on any atom is 0.257 e. The van der Waals surface area contributed by atoms with Crippen molar-refractivity contribution in [3.8, 4) is 0 Å². The molecule has 0 heterocycles. The number of hydrogen-bond acceptors (Lipinski definition) is 1. The van der Waals surface area contributed by atoms with Crippen molar-refractivity contribution in [3.63, 3.8) is 0 Å². The Hall–Kier alpha value is -1.38. The highest BCUT2D eigenvalue weighted by Crippen LogP contribution is 2.16. The van der Waals surface area contributed by atoms with Crippen molar-refractivity contribution in [3.05, 3.63) is 35.1 Å². The summed E-state index contributed by atoms with van der Waals surface area (Å²) < 4.78 is 13.7. The molecule has 1 aromatic rings. The van der Waals surface area contributed by atoms with E-state index in [0.29, 0.717) is 0 Å². The summed E-state index contributed by atoms with van der Waals surface area (Å²) in [6.07, 6.45) is 0. The summed E-state index contributed by atoms with van der Waals surface area (Å²) in [6, 6.07) is 4.83. The van der Waals surface area contributed by atoms with Crippen molar-refractivity contribution in [1.29, 1.82) is 0 Å². The van der Waals surface area contributed by atoms with E-state index in [9.17, 15) is 9.18 Å². The molecule has 0 aromatic heterocycles. The van der Waals surface area contributed by atoms with Crippen LogP contribution in [-0.4, -0.2) is 22.9 Å². The molecule has 17 heavy (non-hydrogen) atoms. The summed E-state index contributed by atoms with van der Waals surface area (Å²) in [4.78, 5) is 13.9. The highest BCUT2D eigenvalue weighted by molar-refractivity contribution is 5.94. The molecule has 0 aliphatic rings. The average Bonchev–Trinajstić information content (AvgIpc) is 2.15. The standard InChI is InChI=1S/C14H20FNO/c1-9(2)16(10(3)4)14(17)12-7-6-11(5)8-13(12)15/h6-10H,1-5H3. The molecule has 3 heteroatoms. The van der Waals surface area contributed by atoms with Crippen LogP contribution < -0.4 is 0 Å². The summed E-state index contributed by atoms with van der Waals surface area (Å²) in [7, 11) is 0. The lowest BCUT2D eigenvalue weighted by atomic mass is 10.1. The Bertz CT molecular complexity index is 405. The van der Waals surface area contributed by atoms with Crippen molar-refractivity contribution in [2.75, 3.05) is 0 Å². The quantitative estimate of drug-likeness (QED) is 0.789. The number of benzene rings is 1. The Kier molecular flexibility index (Phi) is 4.27. The van der Waals surface area contributed by atoms with Crippen molar-refractivity contribution < 1.29 is 9.18 Å². The van der Waals surface area contributed by atoms with Gasteiger partial charge in [0.2, 0.25) is 0 Å². The van der Waals surface area contributed by atoms with Crippen LogP contribution in [0.15, 0.2) is 18.2 Å². The fourth-order valence-corrected chi connectivity index (χ4v) is 2.00. The van der Waals surface area contributed by atoms with Gasteiger partial charge in [0.1, 0.15) is 5.82 Å². The summed E-state index contributed by atoms with van der Waals surface area (Å²) in [5.74, 6) is -0.686. The summed E-state index contributed by atoms with van der Waals surface area (Å²) in [5.41, 5.74) is 0.970. The van der Waals surface area contributed by atoms with Crippen LogP contribution in [0.2, 0.25) is 0 Å². The number of hydrogen-bond donors (Lipinski definition) is 0. The van der Waals surface area contributed by atoms with Crippen LogP contribution in [0, 0.1) is 12.7 Å². The molecule has 0 atom stereocenters. The van der Waals surface area contributed by atoms with E-state index in [1.807, 2.05) is 27.7 Å². The molecule has 0 N–H and O–H groups in total. The van der Waals surface area contributed by atoms with Gasteiger partial charge in [0, 0.05) is 12.1 Å². The third-order valence-corrected chi connectivity index (χ3v) is 2.70. The monoisotopic (exact) mass is 237 g/mol. The summed E-state index contributed by atoms with van der Waals surface area (Å²) >= 11 is 0. The zero-order valence-electron chi connectivity index (χ0n) is 11.1. The topological polar surface area (TPSA) is 20.3 Å². The van der Waals surface area contributed by atoms with Crippen molar-refractivity contribution in [1.82, 2.24) is 4.90 Å². The number of amides is 1. The predicted molar refractivity (Wildman–Crippen MR) is 67.6 cm³/mol. The average molecular weight is 237 g/mol. The van der Waals surface area contributed by atoms with Crippen molar-refractivity contribution >= 4 is 5.91 Å². The predicted octanol–water partition coefficient (Wildman–Crippen LogP) is 3.39. The molecule has 1 rings (SSSR count). The third kappa shape index (κ3) is 3.05. The van der Waals surface area contributed by atoms with Gasteiger partial charge in [-0.1, -0.05) is 6.07 Å². The van der Waals surface area contributed by atoms with Crippen LogP contribution in [0.25, 0.3) is 0 Å². The van der Waals surface area contributed by atoms with Crippen molar-refractivity contribution in [2.45, 2.75) is 46.7 Å². The molecule has 0 aliphatic heterocycles. The number of aryl methyl sites for hydroxylation is 1. The Labute approximate surface area is 102 Å². The van der Waals surface area contributed by atoms with Crippen LogP contribution in [0.3, 0.4) is 0 Å². The third-order valence-electron chi connectivity index (χ3n) is 2.70. The fourth-order valence-electron chi connectivity index (χ4n) is 2.00. The lowest BCUT2D eigenvalue weighted by molar-refractivity contribution is 0.0639. The molecule has 1 amide bonds. The first kappa shape index (κ1) is 13.7. The molecule has 0 saturated carbocycles. The van der Waals surface area contributed by atoms with Crippen molar-refractivity contribution in [2.24, 2.45) is 0 Å². The Morgan fingerprint density at radius 2 is 1.71 bits per heavy atom. The summed E-state index contributed by atoms with van der Waals surface area (Å²) in [6.45, 7) is 9.54. The second-order valence-electron chi connectivity index (χ2n) is 4.88. The van der Waals surface area contributed by atoms with Gasteiger partial charge in [0.15, 0.2) is 0 Å². The van der Waals surface area contributed by atoms with Crippen LogP contribution in [0.1, 0.15) is 43.6 Å². The molecular weight excluding hydrogens is 217 g/mol.